The second-order valence-electron chi connectivity index (χ2n) is 8.53. The van der Waals surface area contributed by atoms with Gasteiger partial charge in [0.1, 0.15) is 7.22 Å². The lowest BCUT2D eigenvalue weighted by atomic mass is 10.1. The van der Waals surface area contributed by atoms with E-state index in [-0.39, 0.29) is 0 Å². The minimum atomic E-state index is -1.60. The van der Waals surface area contributed by atoms with Crippen LogP contribution in [0.15, 0.2) is 24.1 Å². The Kier molecular flexibility index (Phi) is 8.01. The summed E-state index contributed by atoms with van der Waals surface area (Å²) in [5, 5.41) is 0. The zero-order chi connectivity index (χ0) is 17.7. The average Bonchev–Trinajstić information content (AvgIpc) is 2.82. The van der Waals surface area contributed by atoms with Gasteiger partial charge in [-0.25, -0.2) is 0 Å². The summed E-state index contributed by atoms with van der Waals surface area (Å²) in [5.74, 6) is 2.46. The fourth-order valence-electron chi connectivity index (χ4n) is 2.89. The van der Waals surface area contributed by atoms with Crippen molar-refractivity contribution in [2.75, 3.05) is 12.3 Å². The van der Waals surface area contributed by atoms with Gasteiger partial charge in [0.15, 0.2) is 5.88 Å². The number of hydrogen-bond acceptors (Lipinski definition) is 3. The molecule has 0 unspecified atom stereocenters. The fourth-order valence-corrected chi connectivity index (χ4v) is 6.95. The van der Waals surface area contributed by atoms with E-state index in [0.29, 0.717) is 6.04 Å². The second kappa shape index (κ2) is 8.81. The number of allylic oxidation sites excluding steroid dienone is 2. The van der Waals surface area contributed by atoms with E-state index in [1.165, 1.54) is 36.5 Å². The molecule has 0 aliphatic carbocycles. The first-order valence-electron chi connectivity index (χ1n) is 8.94. The zero-order valence-corrected chi connectivity index (χ0v) is 19.2. The first-order chi connectivity index (χ1) is 10.5. The molecule has 0 aromatic rings. The number of hydrogen-bond donors (Lipinski definition) is 0. The molecule has 0 bridgehead atoms. The van der Waals surface area contributed by atoms with Gasteiger partial charge in [0.25, 0.3) is 0 Å². The lowest BCUT2D eigenvalue weighted by Gasteiger charge is -2.35. The van der Waals surface area contributed by atoms with E-state index in [4.69, 9.17) is 4.43 Å². The van der Waals surface area contributed by atoms with Crippen molar-refractivity contribution in [1.82, 2.24) is 4.90 Å². The van der Waals surface area contributed by atoms with Gasteiger partial charge in [-0.3, -0.25) is 0 Å². The summed E-state index contributed by atoms with van der Waals surface area (Å²) in [6, 6.07) is 0.657. The molecule has 1 aliphatic rings. The van der Waals surface area contributed by atoms with E-state index in [2.05, 4.69) is 68.9 Å². The maximum atomic E-state index is 6.51. The molecule has 1 heterocycles. The average molecular weight is 372 g/mol. The fraction of sp³-hybridized carbons (Fsp3) is 0.778. The Labute approximate surface area is 150 Å². The van der Waals surface area contributed by atoms with Gasteiger partial charge in [-0.1, -0.05) is 25.7 Å². The number of nitrogens with zero attached hydrogens (tertiary/aromatic N) is 1. The molecule has 0 aromatic heterocycles. The largest absolute Gasteiger partial charge is 0.533 e. The molecule has 1 fully saturated rings. The van der Waals surface area contributed by atoms with Crippen molar-refractivity contribution < 1.29 is 4.43 Å². The molecule has 0 radical (unpaired) electrons. The van der Waals surface area contributed by atoms with Crippen LogP contribution >= 0.6 is 11.2 Å². The van der Waals surface area contributed by atoms with Crippen LogP contribution in [0.5, 0.6) is 0 Å². The Morgan fingerprint density at radius 2 is 1.91 bits per heavy atom. The van der Waals surface area contributed by atoms with E-state index in [1.54, 1.807) is 0 Å². The molecule has 0 amide bonds. The number of likely N-dealkylation sites (tertiary alicyclic amines) is 1. The van der Waals surface area contributed by atoms with Gasteiger partial charge in [0.2, 0.25) is 8.32 Å². The van der Waals surface area contributed by atoms with Crippen molar-refractivity contribution in [2.45, 2.75) is 77.9 Å². The molecule has 0 spiro atoms. The van der Waals surface area contributed by atoms with E-state index in [9.17, 15) is 0 Å². The Bertz CT molecular complexity index is 424. The number of rotatable bonds is 9. The molecular formula is C18H37NOSSi2. The third-order valence-corrected chi connectivity index (χ3v) is 9.16. The van der Waals surface area contributed by atoms with Gasteiger partial charge in [0, 0.05) is 12.6 Å². The summed E-state index contributed by atoms with van der Waals surface area (Å²) in [6.07, 6.45) is 6.81. The van der Waals surface area contributed by atoms with Crippen LogP contribution in [0.25, 0.3) is 0 Å². The van der Waals surface area contributed by atoms with E-state index >= 15 is 0 Å². The summed E-state index contributed by atoms with van der Waals surface area (Å²) in [5.41, 5.74) is 1.34. The van der Waals surface area contributed by atoms with E-state index in [1.807, 2.05) is 6.08 Å². The molecule has 1 rings (SSSR count). The second-order valence-corrected chi connectivity index (χ2v) is 22.4. The molecule has 1 atom stereocenters. The van der Waals surface area contributed by atoms with Crippen LogP contribution in [-0.4, -0.2) is 38.8 Å². The van der Waals surface area contributed by atoms with Gasteiger partial charge in [-0.05, 0) is 63.6 Å². The van der Waals surface area contributed by atoms with Gasteiger partial charge >= 0.3 is 0 Å². The lowest BCUT2D eigenvalue weighted by molar-refractivity contribution is 0.190. The first kappa shape index (κ1) is 20.9. The highest BCUT2D eigenvalue weighted by molar-refractivity contribution is 8.28. The minimum Gasteiger partial charge on any atom is -0.533 e. The quantitative estimate of drug-likeness (QED) is 0.277. The summed E-state index contributed by atoms with van der Waals surface area (Å²) >= 11 is 2.21. The lowest BCUT2D eigenvalue weighted by Crippen LogP contribution is -2.37. The SMILES string of the molecule is C=CC/C(C)=C(\O[Si](C)(C)C)N1CCC[C@H]1CCS[Si](C)(C)C. The molecule has 0 aromatic carbocycles. The third kappa shape index (κ3) is 7.99. The van der Waals surface area contributed by atoms with E-state index < -0.39 is 15.5 Å². The van der Waals surface area contributed by atoms with Crippen LogP contribution in [0, 0.1) is 0 Å². The molecule has 0 N–H and O–H groups in total. The van der Waals surface area contributed by atoms with Gasteiger partial charge < -0.3 is 9.33 Å². The third-order valence-electron chi connectivity index (χ3n) is 3.84. The van der Waals surface area contributed by atoms with Crippen molar-refractivity contribution in [3.8, 4) is 0 Å². The van der Waals surface area contributed by atoms with Crippen molar-refractivity contribution >= 4 is 26.8 Å². The predicted molar refractivity (Wildman–Crippen MR) is 112 cm³/mol. The molecule has 1 aliphatic heterocycles. The Hall–Kier alpha value is -0.136. The Morgan fingerprint density at radius 1 is 1.26 bits per heavy atom. The Balaban J connectivity index is 2.83. The van der Waals surface area contributed by atoms with Crippen LogP contribution in [-0.2, 0) is 4.43 Å². The molecule has 23 heavy (non-hydrogen) atoms. The predicted octanol–water partition coefficient (Wildman–Crippen LogP) is 6.07. The Morgan fingerprint density at radius 3 is 2.43 bits per heavy atom. The molecule has 134 valence electrons. The standard InChI is InChI=1S/C18H37NOSSi2/c1-9-11-16(2)18(20-22(3,4)5)19-14-10-12-17(19)13-15-21-23(6,7)8/h9,17H,1,10-15H2,2-8H3/b18-16-/t17-/m0/s1. The van der Waals surface area contributed by atoms with Crippen LogP contribution < -0.4 is 0 Å². The molecular weight excluding hydrogens is 334 g/mol. The summed E-state index contributed by atoms with van der Waals surface area (Å²) in [7, 11) is -2.61. The van der Waals surface area contributed by atoms with Crippen molar-refractivity contribution in [3.63, 3.8) is 0 Å². The van der Waals surface area contributed by atoms with Gasteiger partial charge in [0.05, 0.1) is 0 Å². The first-order valence-corrected chi connectivity index (χ1v) is 17.6. The van der Waals surface area contributed by atoms with Crippen LogP contribution in [0.4, 0.5) is 0 Å². The zero-order valence-electron chi connectivity index (χ0n) is 16.4. The normalized spacial score (nSPS) is 20.5. The minimum absolute atomic E-state index is 0.657. The highest BCUT2D eigenvalue weighted by atomic mass is 32.4. The van der Waals surface area contributed by atoms with Crippen LogP contribution in [0.1, 0.15) is 32.6 Å². The highest BCUT2D eigenvalue weighted by Crippen LogP contribution is 2.31. The molecule has 1 saturated heterocycles. The molecule has 0 saturated carbocycles. The highest BCUT2D eigenvalue weighted by Gasteiger charge is 2.31. The molecule has 5 heteroatoms. The monoisotopic (exact) mass is 371 g/mol. The summed E-state index contributed by atoms with van der Waals surface area (Å²) in [6.45, 7) is 21.4. The van der Waals surface area contributed by atoms with Crippen LogP contribution in [0.3, 0.4) is 0 Å². The topological polar surface area (TPSA) is 12.5 Å². The van der Waals surface area contributed by atoms with Crippen LogP contribution in [0.2, 0.25) is 39.3 Å². The summed E-state index contributed by atoms with van der Waals surface area (Å²) < 4.78 is 6.51. The maximum Gasteiger partial charge on any atom is 0.244 e. The summed E-state index contributed by atoms with van der Waals surface area (Å²) in [4.78, 5) is 2.57. The smallest absolute Gasteiger partial charge is 0.244 e. The van der Waals surface area contributed by atoms with Gasteiger partial charge in [-0.15, -0.1) is 6.58 Å². The van der Waals surface area contributed by atoms with Crippen molar-refractivity contribution in [3.05, 3.63) is 24.1 Å². The maximum absolute atomic E-state index is 6.51. The van der Waals surface area contributed by atoms with Crippen molar-refractivity contribution in [1.29, 1.82) is 0 Å². The van der Waals surface area contributed by atoms with Crippen molar-refractivity contribution in [2.24, 2.45) is 0 Å². The molecule has 2 nitrogen and oxygen atoms in total. The van der Waals surface area contributed by atoms with E-state index in [0.717, 1.165) is 13.0 Å². The van der Waals surface area contributed by atoms with Gasteiger partial charge in [-0.2, -0.15) is 11.2 Å².